The van der Waals surface area contributed by atoms with Gasteiger partial charge >= 0.3 is 5.97 Å². The minimum atomic E-state index is -1.05. The van der Waals surface area contributed by atoms with E-state index < -0.39 is 17.9 Å². The van der Waals surface area contributed by atoms with Crippen molar-refractivity contribution in [2.24, 2.45) is 5.92 Å². The number of likely N-dealkylation sites (tertiary alicyclic amines) is 1. The van der Waals surface area contributed by atoms with Crippen LogP contribution in [0.1, 0.15) is 30.1 Å². The van der Waals surface area contributed by atoms with Crippen molar-refractivity contribution in [3.63, 3.8) is 0 Å². The minimum absolute atomic E-state index is 0.0780. The van der Waals surface area contributed by atoms with Gasteiger partial charge in [0.25, 0.3) is 5.91 Å². The number of hydrogen-bond acceptors (Lipinski definition) is 4. The third kappa shape index (κ3) is 2.68. The molecule has 108 valence electrons. The van der Waals surface area contributed by atoms with E-state index in [9.17, 15) is 24.9 Å². The van der Waals surface area contributed by atoms with Gasteiger partial charge in [0.05, 0.1) is 5.56 Å². The number of phenols is 2. The van der Waals surface area contributed by atoms with E-state index in [-0.39, 0.29) is 23.0 Å². The van der Waals surface area contributed by atoms with Crippen molar-refractivity contribution >= 4 is 11.9 Å². The molecule has 0 spiro atoms. The lowest BCUT2D eigenvalue weighted by molar-refractivity contribution is -0.144. The maximum absolute atomic E-state index is 12.4. The summed E-state index contributed by atoms with van der Waals surface area (Å²) in [6.07, 6.45) is 1.11. The van der Waals surface area contributed by atoms with Crippen molar-refractivity contribution in [2.45, 2.75) is 25.8 Å². The highest BCUT2D eigenvalue weighted by atomic mass is 16.4. The Kier molecular flexibility index (Phi) is 3.83. The summed E-state index contributed by atoms with van der Waals surface area (Å²) in [6.45, 7) is 2.27. The van der Waals surface area contributed by atoms with Gasteiger partial charge in [-0.15, -0.1) is 0 Å². The van der Waals surface area contributed by atoms with Gasteiger partial charge in [0.15, 0.2) is 0 Å². The molecule has 6 heteroatoms. The van der Waals surface area contributed by atoms with Crippen LogP contribution in [-0.2, 0) is 4.79 Å². The highest BCUT2D eigenvalue weighted by molar-refractivity contribution is 5.99. The number of nitrogens with zero attached hydrogens (tertiary/aromatic N) is 1. The Morgan fingerprint density at radius 1 is 1.30 bits per heavy atom. The summed E-state index contributed by atoms with van der Waals surface area (Å²) < 4.78 is 0. The van der Waals surface area contributed by atoms with E-state index in [0.29, 0.717) is 13.0 Å². The van der Waals surface area contributed by atoms with Crippen LogP contribution >= 0.6 is 0 Å². The lowest BCUT2D eigenvalue weighted by Gasteiger charge is -2.36. The molecule has 1 aliphatic heterocycles. The van der Waals surface area contributed by atoms with Gasteiger partial charge in [0, 0.05) is 6.54 Å². The fourth-order valence-electron chi connectivity index (χ4n) is 2.47. The number of benzene rings is 1. The molecule has 2 unspecified atom stereocenters. The average Bonchev–Trinajstić information content (AvgIpc) is 2.40. The predicted octanol–water partition coefficient (Wildman–Crippen LogP) is 1.42. The second-order valence-electron chi connectivity index (χ2n) is 5.18. The molecule has 0 radical (unpaired) electrons. The molecule has 1 aromatic carbocycles. The second kappa shape index (κ2) is 5.40. The van der Waals surface area contributed by atoms with Gasteiger partial charge in [0.1, 0.15) is 17.5 Å². The summed E-state index contributed by atoms with van der Waals surface area (Å²) >= 11 is 0. The molecule has 6 nitrogen and oxygen atoms in total. The Morgan fingerprint density at radius 2 is 2.00 bits per heavy atom. The number of piperidine rings is 1. The van der Waals surface area contributed by atoms with Crippen LogP contribution in [0.5, 0.6) is 11.5 Å². The standard InChI is InChI=1S/C14H17NO5/c1-8-4-5-15(11(6-8)14(19)20)13(18)10-7-9(16)2-3-12(10)17/h2-3,7-8,11,16-17H,4-6H2,1H3,(H,19,20). The molecular weight excluding hydrogens is 262 g/mol. The van der Waals surface area contributed by atoms with E-state index >= 15 is 0 Å². The van der Waals surface area contributed by atoms with Gasteiger partial charge in [-0.2, -0.15) is 0 Å². The maximum Gasteiger partial charge on any atom is 0.326 e. The van der Waals surface area contributed by atoms with E-state index in [4.69, 9.17) is 0 Å². The van der Waals surface area contributed by atoms with Gasteiger partial charge in [-0.3, -0.25) is 4.79 Å². The summed E-state index contributed by atoms with van der Waals surface area (Å²) in [5.74, 6) is -1.81. The zero-order chi connectivity index (χ0) is 14.9. The maximum atomic E-state index is 12.4. The van der Waals surface area contributed by atoms with Crippen LogP contribution in [0.2, 0.25) is 0 Å². The van der Waals surface area contributed by atoms with Crippen LogP contribution in [0.25, 0.3) is 0 Å². The van der Waals surface area contributed by atoms with Crippen LogP contribution in [0, 0.1) is 5.92 Å². The number of aromatic hydroxyl groups is 2. The number of aliphatic carboxylic acids is 1. The van der Waals surface area contributed by atoms with Crippen molar-refractivity contribution in [1.29, 1.82) is 0 Å². The number of amides is 1. The molecule has 0 aliphatic carbocycles. The molecule has 0 saturated carbocycles. The van der Waals surface area contributed by atoms with E-state index in [1.54, 1.807) is 0 Å². The highest BCUT2D eigenvalue weighted by Crippen LogP contribution is 2.28. The molecule has 1 amide bonds. The molecule has 1 aromatic rings. The van der Waals surface area contributed by atoms with Crippen LogP contribution in [0.15, 0.2) is 18.2 Å². The monoisotopic (exact) mass is 279 g/mol. The molecule has 1 fully saturated rings. The molecule has 3 N–H and O–H groups in total. The SMILES string of the molecule is CC1CCN(C(=O)c2cc(O)ccc2O)C(C(=O)O)C1. The number of rotatable bonds is 2. The van der Waals surface area contributed by atoms with Crippen LogP contribution in [0.3, 0.4) is 0 Å². The van der Waals surface area contributed by atoms with Gasteiger partial charge < -0.3 is 20.2 Å². The van der Waals surface area contributed by atoms with Gasteiger partial charge in [-0.1, -0.05) is 6.92 Å². The Morgan fingerprint density at radius 3 is 2.65 bits per heavy atom. The Labute approximate surface area is 116 Å². The molecule has 0 aromatic heterocycles. The topological polar surface area (TPSA) is 98.1 Å². The quantitative estimate of drug-likeness (QED) is 0.711. The molecule has 1 heterocycles. The van der Waals surface area contributed by atoms with Gasteiger partial charge in [-0.25, -0.2) is 4.79 Å². The van der Waals surface area contributed by atoms with Gasteiger partial charge in [0.2, 0.25) is 0 Å². The molecule has 1 saturated heterocycles. The smallest absolute Gasteiger partial charge is 0.326 e. The average molecular weight is 279 g/mol. The normalized spacial score (nSPS) is 22.6. The highest BCUT2D eigenvalue weighted by Gasteiger charge is 2.35. The lowest BCUT2D eigenvalue weighted by Crippen LogP contribution is -2.49. The molecule has 20 heavy (non-hydrogen) atoms. The van der Waals surface area contributed by atoms with E-state index in [0.717, 1.165) is 12.5 Å². The largest absolute Gasteiger partial charge is 0.508 e. The fourth-order valence-corrected chi connectivity index (χ4v) is 2.47. The van der Waals surface area contributed by atoms with E-state index in [1.165, 1.54) is 17.0 Å². The summed E-state index contributed by atoms with van der Waals surface area (Å²) in [7, 11) is 0. The summed E-state index contributed by atoms with van der Waals surface area (Å²) in [5, 5.41) is 28.4. The predicted molar refractivity (Wildman–Crippen MR) is 70.6 cm³/mol. The van der Waals surface area contributed by atoms with Crippen LogP contribution in [-0.4, -0.2) is 44.7 Å². The molecule has 0 bridgehead atoms. The first-order chi connectivity index (χ1) is 9.40. The zero-order valence-electron chi connectivity index (χ0n) is 11.1. The molecule has 2 atom stereocenters. The molecular formula is C14H17NO5. The summed E-state index contributed by atoms with van der Waals surface area (Å²) in [4.78, 5) is 24.9. The summed E-state index contributed by atoms with van der Waals surface area (Å²) in [6, 6.07) is 2.73. The number of phenolic OH excluding ortho intramolecular Hbond substituents is 2. The van der Waals surface area contributed by atoms with Crippen LogP contribution < -0.4 is 0 Å². The van der Waals surface area contributed by atoms with Gasteiger partial charge in [-0.05, 0) is 37.0 Å². The second-order valence-corrected chi connectivity index (χ2v) is 5.18. The fraction of sp³-hybridized carbons (Fsp3) is 0.429. The lowest BCUT2D eigenvalue weighted by atomic mass is 9.92. The third-order valence-corrected chi connectivity index (χ3v) is 3.62. The number of hydrogen-bond donors (Lipinski definition) is 3. The van der Waals surface area contributed by atoms with Crippen molar-refractivity contribution < 1.29 is 24.9 Å². The Balaban J connectivity index is 2.31. The summed E-state index contributed by atoms with van der Waals surface area (Å²) in [5.41, 5.74) is -0.0780. The van der Waals surface area contributed by atoms with E-state index in [1.807, 2.05) is 6.92 Å². The first-order valence-corrected chi connectivity index (χ1v) is 6.46. The van der Waals surface area contributed by atoms with Crippen LogP contribution in [0.4, 0.5) is 0 Å². The number of carbonyl (C=O) groups excluding carboxylic acids is 1. The molecule has 1 aliphatic rings. The Bertz CT molecular complexity index is 542. The molecule has 2 rings (SSSR count). The van der Waals surface area contributed by atoms with E-state index in [2.05, 4.69) is 0 Å². The third-order valence-electron chi connectivity index (χ3n) is 3.62. The zero-order valence-corrected chi connectivity index (χ0v) is 11.1. The first-order valence-electron chi connectivity index (χ1n) is 6.46. The van der Waals surface area contributed by atoms with Crippen molar-refractivity contribution in [2.75, 3.05) is 6.54 Å². The number of carboxylic acids is 1. The van der Waals surface area contributed by atoms with Crippen molar-refractivity contribution in [1.82, 2.24) is 4.90 Å². The minimum Gasteiger partial charge on any atom is -0.508 e. The number of carbonyl (C=O) groups is 2. The van der Waals surface area contributed by atoms with Crippen molar-refractivity contribution in [3.05, 3.63) is 23.8 Å². The van der Waals surface area contributed by atoms with Crippen molar-refractivity contribution in [3.8, 4) is 11.5 Å². The first kappa shape index (κ1) is 14.2. The number of carboxylic acid groups (broad SMARTS) is 1. The Hall–Kier alpha value is -2.24.